The first-order valence-corrected chi connectivity index (χ1v) is 12.8. The maximum atomic E-state index is 13.5. The molecule has 1 saturated carbocycles. The fourth-order valence-electron chi connectivity index (χ4n) is 4.45. The van der Waals surface area contributed by atoms with Gasteiger partial charge in [-0.1, -0.05) is 49.2 Å². The molecule has 1 saturated heterocycles. The van der Waals surface area contributed by atoms with Crippen molar-refractivity contribution in [3.63, 3.8) is 0 Å². The summed E-state index contributed by atoms with van der Waals surface area (Å²) in [5.41, 5.74) is 2.53. The second kappa shape index (κ2) is 11.0. The zero-order chi connectivity index (χ0) is 24.9. The molecule has 1 aliphatic heterocycles. The minimum absolute atomic E-state index is 0.00261. The summed E-state index contributed by atoms with van der Waals surface area (Å²) in [4.78, 5) is 20.8. The van der Waals surface area contributed by atoms with Crippen LogP contribution in [0.3, 0.4) is 0 Å². The molecule has 5 rings (SSSR count). The Morgan fingerprint density at radius 3 is 2.50 bits per heavy atom. The van der Waals surface area contributed by atoms with E-state index in [0.29, 0.717) is 23.0 Å². The molecule has 1 heterocycles. The van der Waals surface area contributed by atoms with Crippen LogP contribution in [0.5, 0.6) is 11.5 Å². The number of carbonyl (C=O) groups is 1. The number of ether oxygens (including phenoxy) is 2. The first-order chi connectivity index (χ1) is 17.6. The average molecular weight is 503 g/mol. The molecule has 184 valence electrons. The lowest BCUT2D eigenvalue weighted by Crippen LogP contribution is -2.37. The van der Waals surface area contributed by atoms with E-state index >= 15 is 0 Å². The second-order valence-corrected chi connectivity index (χ2v) is 9.79. The van der Waals surface area contributed by atoms with Gasteiger partial charge in [-0.3, -0.25) is 9.69 Å². The summed E-state index contributed by atoms with van der Waals surface area (Å²) in [6, 6.07) is 21.7. The van der Waals surface area contributed by atoms with Gasteiger partial charge >= 0.3 is 0 Å². The van der Waals surface area contributed by atoms with Crippen LogP contribution in [0.2, 0.25) is 0 Å². The molecule has 0 spiro atoms. The fraction of sp³-hybridized carbons (Fsp3) is 0.241. The summed E-state index contributed by atoms with van der Waals surface area (Å²) >= 11 is 1.41. The molecule has 7 heteroatoms. The lowest BCUT2D eigenvalue weighted by Gasteiger charge is -2.22. The molecule has 1 amide bonds. The topological polar surface area (TPSA) is 51.1 Å². The molecule has 0 aromatic heterocycles. The Morgan fingerprint density at radius 2 is 1.78 bits per heavy atom. The number of aliphatic imine (C=N–C) groups is 1. The number of nitrogens with zero attached hydrogens (tertiary/aromatic N) is 2. The average Bonchev–Trinajstić information content (AvgIpc) is 3.52. The fourth-order valence-corrected chi connectivity index (χ4v) is 5.51. The molecule has 0 N–H and O–H groups in total. The highest BCUT2D eigenvalue weighted by atomic mass is 32.2. The zero-order valence-corrected chi connectivity index (χ0v) is 20.8. The summed E-state index contributed by atoms with van der Waals surface area (Å²) in [5, 5.41) is 0.732. The Hall–Kier alpha value is -3.58. The van der Waals surface area contributed by atoms with E-state index in [9.17, 15) is 9.18 Å². The third kappa shape index (κ3) is 5.46. The van der Waals surface area contributed by atoms with Gasteiger partial charge in [-0.2, -0.15) is 0 Å². The van der Waals surface area contributed by atoms with Crippen LogP contribution in [0.25, 0.3) is 6.08 Å². The second-order valence-electron chi connectivity index (χ2n) is 8.78. The van der Waals surface area contributed by atoms with Crippen LogP contribution >= 0.6 is 11.8 Å². The van der Waals surface area contributed by atoms with E-state index in [0.717, 1.165) is 47.7 Å². The number of amidine groups is 1. The smallest absolute Gasteiger partial charge is 0.267 e. The van der Waals surface area contributed by atoms with Gasteiger partial charge in [0.25, 0.3) is 5.91 Å². The highest BCUT2D eigenvalue weighted by Crippen LogP contribution is 2.39. The summed E-state index contributed by atoms with van der Waals surface area (Å²) in [6.45, 7) is 0.293. The Bertz CT molecular complexity index is 1290. The van der Waals surface area contributed by atoms with Crippen LogP contribution in [-0.4, -0.2) is 29.1 Å². The highest BCUT2D eigenvalue weighted by Gasteiger charge is 2.39. The summed E-state index contributed by atoms with van der Waals surface area (Å²) < 4.78 is 24.6. The number of para-hydroxylation sites is 1. The van der Waals surface area contributed by atoms with Crippen LogP contribution < -0.4 is 9.47 Å². The molecule has 0 unspecified atom stereocenters. The highest BCUT2D eigenvalue weighted by molar-refractivity contribution is 8.18. The van der Waals surface area contributed by atoms with Crippen molar-refractivity contribution in [2.24, 2.45) is 4.99 Å². The van der Waals surface area contributed by atoms with Gasteiger partial charge in [0.05, 0.1) is 17.7 Å². The van der Waals surface area contributed by atoms with Gasteiger partial charge in [0.15, 0.2) is 16.7 Å². The first-order valence-electron chi connectivity index (χ1n) is 12.0. The molecular formula is C29H27FN2O3S. The maximum Gasteiger partial charge on any atom is 0.267 e. The van der Waals surface area contributed by atoms with E-state index in [2.05, 4.69) is 0 Å². The lowest BCUT2D eigenvalue weighted by atomic mass is 10.1. The molecular weight excluding hydrogens is 475 g/mol. The molecule has 2 aliphatic rings. The number of amides is 1. The first kappa shape index (κ1) is 24.1. The predicted molar refractivity (Wildman–Crippen MR) is 142 cm³/mol. The quantitative estimate of drug-likeness (QED) is 0.328. The van der Waals surface area contributed by atoms with Crippen molar-refractivity contribution in [1.82, 2.24) is 4.90 Å². The van der Waals surface area contributed by atoms with Crippen LogP contribution in [-0.2, 0) is 11.4 Å². The lowest BCUT2D eigenvalue weighted by molar-refractivity contribution is -0.123. The third-order valence-corrected chi connectivity index (χ3v) is 7.28. The van der Waals surface area contributed by atoms with Gasteiger partial charge in [-0.05, 0) is 78.2 Å². The number of methoxy groups -OCH3 is 1. The monoisotopic (exact) mass is 502 g/mol. The van der Waals surface area contributed by atoms with E-state index in [-0.39, 0.29) is 17.8 Å². The van der Waals surface area contributed by atoms with Gasteiger partial charge in [0.1, 0.15) is 12.4 Å². The van der Waals surface area contributed by atoms with Crippen LogP contribution in [0.4, 0.5) is 10.1 Å². The molecule has 0 bridgehead atoms. The van der Waals surface area contributed by atoms with Crippen molar-refractivity contribution in [2.45, 2.75) is 38.3 Å². The minimum atomic E-state index is -0.281. The number of carbonyl (C=O) groups excluding carboxylic acids is 1. The number of thioether (sulfide) groups is 1. The van der Waals surface area contributed by atoms with E-state index in [1.807, 2.05) is 59.5 Å². The largest absolute Gasteiger partial charge is 0.493 e. The van der Waals surface area contributed by atoms with Crippen molar-refractivity contribution in [3.8, 4) is 11.5 Å². The molecule has 0 atom stereocenters. The molecule has 36 heavy (non-hydrogen) atoms. The SMILES string of the molecule is COc1cc(/C=C2/SC(=Nc3ccccc3)N(C3CCCC3)C2=O)ccc1OCc1ccc(F)cc1. The van der Waals surface area contributed by atoms with E-state index < -0.39 is 0 Å². The molecule has 5 nitrogen and oxygen atoms in total. The third-order valence-electron chi connectivity index (χ3n) is 6.30. The maximum absolute atomic E-state index is 13.5. The van der Waals surface area contributed by atoms with Crippen molar-refractivity contribution in [3.05, 3.63) is 94.6 Å². The van der Waals surface area contributed by atoms with Crippen LogP contribution in [0, 0.1) is 5.82 Å². The number of hydrogen-bond donors (Lipinski definition) is 0. The molecule has 3 aromatic rings. The van der Waals surface area contributed by atoms with Crippen molar-refractivity contribution >= 4 is 34.6 Å². The predicted octanol–water partition coefficient (Wildman–Crippen LogP) is 6.96. The number of benzene rings is 3. The van der Waals surface area contributed by atoms with Crippen LogP contribution in [0.1, 0.15) is 36.8 Å². The van der Waals surface area contributed by atoms with Gasteiger partial charge in [-0.25, -0.2) is 9.38 Å². The van der Waals surface area contributed by atoms with Gasteiger partial charge in [0, 0.05) is 6.04 Å². The molecule has 1 aliphatic carbocycles. The summed E-state index contributed by atoms with van der Waals surface area (Å²) in [6.07, 6.45) is 6.15. The molecule has 2 fully saturated rings. The Labute approximate surface area is 214 Å². The minimum Gasteiger partial charge on any atom is -0.493 e. The van der Waals surface area contributed by atoms with Crippen molar-refractivity contribution < 1.29 is 18.7 Å². The molecule has 0 radical (unpaired) electrons. The van der Waals surface area contributed by atoms with E-state index in [1.54, 1.807) is 19.2 Å². The number of rotatable bonds is 7. The summed E-state index contributed by atoms with van der Waals surface area (Å²) in [7, 11) is 1.58. The Balaban J connectivity index is 1.38. The molecule has 3 aromatic carbocycles. The van der Waals surface area contributed by atoms with Crippen molar-refractivity contribution in [2.75, 3.05) is 7.11 Å². The van der Waals surface area contributed by atoms with Crippen LogP contribution in [0.15, 0.2) is 82.7 Å². The van der Waals surface area contributed by atoms with Gasteiger partial charge < -0.3 is 9.47 Å². The standard InChI is InChI=1S/C29H27FN2O3S/c1-34-26-17-21(13-16-25(26)35-19-20-11-14-22(30)15-12-20)18-27-28(33)32(24-9-5-6-10-24)29(36-27)31-23-7-3-2-4-8-23/h2-4,7-8,11-18,24H,5-6,9-10,19H2,1H3/b27-18+,31-29?. The van der Waals surface area contributed by atoms with E-state index in [4.69, 9.17) is 14.5 Å². The normalized spacial score (nSPS) is 18.4. The Morgan fingerprint density at radius 1 is 1.03 bits per heavy atom. The number of hydrogen-bond acceptors (Lipinski definition) is 5. The van der Waals surface area contributed by atoms with E-state index in [1.165, 1.54) is 23.9 Å². The Kier molecular flexibility index (Phi) is 7.37. The summed E-state index contributed by atoms with van der Waals surface area (Å²) in [5.74, 6) is 0.856. The zero-order valence-electron chi connectivity index (χ0n) is 20.0. The number of halogens is 1. The van der Waals surface area contributed by atoms with Gasteiger partial charge in [0.2, 0.25) is 0 Å². The van der Waals surface area contributed by atoms with Crippen molar-refractivity contribution in [1.29, 1.82) is 0 Å². The van der Waals surface area contributed by atoms with Gasteiger partial charge in [-0.15, -0.1) is 0 Å².